The molecule has 4 rings (SSSR count). The summed E-state index contributed by atoms with van der Waals surface area (Å²) in [6, 6.07) is 19.0. The van der Waals surface area contributed by atoms with Gasteiger partial charge in [-0.1, -0.05) is 46.3 Å². The van der Waals surface area contributed by atoms with E-state index in [9.17, 15) is 0 Å². The van der Waals surface area contributed by atoms with Crippen LogP contribution in [0.2, 0.25) is 0 Å². The third kappa shape index (κ3) is 2.24. The van der Waals surface area contributed by atoms with Crippen LogP contribution in [-0.2, 0) is 0 Å². The van der Waals surface area contributed by atoms with Crippen LogP contribution in [-0.4, -0.2) is 28.2 Å². The molecule has 1 atom stereocenters. The monoisotopic (exact) mass is 373 g/mol. The summed E-state index contributed by atoms with van der Waals surface area (Å²) in [5, 5.41) is 5.53. The summed E-state index contributed by atoms with van der Waals surface area (Å²) in [5.41, 5.74) is 2.41. The Balaban J connectivity index is 1.80. The van der Waals surface area contributed by atoms with E-state index >= 15 is 0 Å². The van der Waals surface area contributed by atoms with Crippen molar-refractivity contribution < 1.29 is 0 Å². The molecule has 3 nitrogen and oxygen atoms in total. The molecule has 0 N–H and O–H groups in total. The van der Waals surface area contributed by atoms with Crippen molar-refractivity contribution in [1.29, 1.82) is 0 Å². The van der Waals surface area contributed by atoms with Gasteiger partial charge in [-0.25, -0.2) is 0 Å². The van der Waals surface area contributed by atoms with Crippen LogP contribution in [0.4, 0.5) is 5.69 Å². The quantitative estimate of drug-likeness (QED) is 0.730. The van der Waals surface area contributed by atoms with Crippen molar-refractivity contribution >= 4 is 38.9 Å². The molecule has 2 saturated heterocycles. The first-order valence-electron chi connectivity index (χ1n) is 7.43. The van der Waals surface area contributed by atoms with E-state index in [4.69, 9.17) is 12.2 Å². The summed E-state index contributed by atoms with van der Waals surface area (Å²) in [6.07, 6.45) is 1.31. The van der Waals surface area contributed by atoms with E-state index in [0.29, 0.717) is 0 Å². The second-order valence-electron chi connectivity index (χ2n) is 5.55. The van der Waals surface area contributed by atoms with Gasteiger partial charge in [-0.2, -0.15) is 5.01 Å². The maximum absolute atomic E-state index is 5.76. The zero-order valence-electron chi connectivity index (χ0n) is 12.0. The van der Waals surface area contributed by atoms with E-state index < -0.39 is 0 Å². The van der Waals surface area contributed by atoms with Gasteiger partial charge in [0, 0.05) is 23.2 Å². The van der Waals surface area contributed by atoms with Crippen LogP contribution in [0.5, 0.6) is 0 Å². The molecule has 0 bridgehead atoms. The molecular weight excluding hydrogens is 358 g/mol. The fourth-order valence-corrected chi connectivity index (χ4v) is 3.92. The Morgan fingerprint density at radius 3 is 2.41 bits per heavy atom. The van der Waals surface area contributed by atoms with Crippen molar-refractivity contribution in [3.05, 3.63) is 64.6 Å². The SMILES string of the molecule is S=C1N(c2ccccc2)[C@H](c2ccc(Br)cc2)N2CCCN12. The van der Waals surface area contributed by atoms with Crippen LogP contribution < -0.4 is 4.90 Å². The Kier molecular flexibility index (Phi) is 3.64. The third-order valence-electron chi connectivity index (χ3n) is 4.22. The fourth-order valence-electron chi connectivity index (χ4n) is 3.25. The number of hydrazine groups is 1. The summed E-state index contributed by atoms with van der Waals surface area (Å²) >= 11 is 9.28. The zero-order chi connectivity index (χ0) is 15.1. The Bertz CT molecular complexity index is 689. The van der Waals surface area contributed by atoms with E-state index in [1.807, 2.05) is 6.07 Å². The maximum atomic E-state index is 5.76. The fraction of sp³-hybridized carbons (Fsp3) is 0.235. The molecule has 112 valence electrons. The summed E-state index contributed by atoms with van der Waals surface area (Å²) in [5.74, 6) is 0. The van der Waals surface area contributed by atoms with Crippen LogP contribution in [0.3, 0.4) is 0 Å². The van der Waals surface area contributed by atoms with Crippen LogP contribution in [0, 0.1) is 0 Å². The second kappa shape index (κ2) is 5.65. The lowest BCUT2D eigenvalue weighted by molar-refractivity contribution is 0.0923. The highest BCUT2D eigenvalue weighted by Gasteiger charge is 2.45. The van der Waals surface area contributed by atoms with Gasteiger partial charge >= 0.3 is 0 Å². The molecule has 2 aliphatic heterocycles. The van der Waals surface area contributed by atoms with Crippen molar-refractivity contribution in [1.82, 2.24) is 10.0 Å². The molecule has 2 heterocycles. The lowest BCUT2D eigenvalue weighted by Gasteiger charge is -2.28. The van der Waals surface area contributed by atoms with Crippen LogP contribution in [0.25, 0.3) is 0 Å². The standard InChI is InChI=1S/C17H16BrN3S/c18-14-9-7-13(8-10-14)16-19-11-4-12-20(19)17(22)21(16)15-5-2-1-3-6-15/h1-3,5-10,16H,4,11-12H2/t16-/m1/s1. The summed E-state index contributed by atoms with van der Waals surface area (Å²) in [4.78, 5) is 2.26. The molecule has 0 spiro atoms. The number of thiocarbonyl (C=S) groups is 1. The molecule has 0 aromatic heterocycles. The van der Waals surface area contributed by atoms with E-state index in [0.717, 1.165) is 34.8 Å². The molecule has 2 aromatic carbocycles. The van der Waals surface area contributed by atoms with Gasteiger partial charge in [-0.3, -0.25) is 9.91 Å². The minimum Gasteiger partial charge on any atom is -0.296 e. The zero-order valence-corrected chi connectivity index (χ0v) is 14.4. The van der Waals surface area contributed by atoms with Crippen molar-refractivity contribution in [2.24, 2.45) is 0 Å². The van der Waals surface area contributed by atoms with Crippen molar-refractivity contribution in [3.8, 4) is 0 Å². The minimum absolute atomic E-state index is 0.144. The summed E-state index contributed by atoms with van der Waals surface area (Å²) < 4.78 is 1.10. The Labute approximate surface area is 144 Å². The van der Waals surface area contributed by atoms with Crippen molar-refractivity contribution in [2.45, 2.75) is 12.6 Å². The first kappa shape index (κ1) is 14.2. The number of benzene rings is 2. The largest absolute Gasteiger partial charge is 0.296 e. The highest BCUT2D eigenvalue weighted by molar-refractivity contribution is 9.10. The normalized spacial score (nSPS) is 21.5. The van der Waals surface area contributed by atoms with Gasteiger partial charge in [0.1, 0.15) is 6.17 Å². The number of fused-ring (bicyclic) bond motifs is 1. The van der Waals surface area contributed by atoms with E-state index in [-0.39, 0.29) is 6.17 Å². The molecule has 0 amide bonds. The summed E-state index contributed by atoms with van der Waals surface area (Å²) in [7, 11) is 0. The molecule has 2 fully saturated rings. The van der Waals surface area contributed by atoms with Gasteiger partial charge in [-0.15, -0.1) is 0 Å². The van der Waals surface area contributed by atoms with Crippen molar-refractivity contribution in [3.63, 3.8) is 0 Å². The van der Waals surface area contributed by atoms with Crippen LogP contribution in [0.1, 0.15) is 18.2 Å². The number of anilines is 1. The average molecular weight is 374 g/mol. The molecule has 0 aliphatic carbocycles. The Hall–Kier alpha value is -1.43. The molecule has 0 radical (unpaired) electrons. The van der Waals surface area contributed by atoms with Gasteiger partial charge in [0.25, 0.3) is 0 Å². The smallest absolute Gasteiger partial charge is 0.192 e. The predicted molar refractivity (Wildman–Crippen MR) is 96.4 cm³/mol. The van der Waals surface area contributed by atoms with E-state index in [1.165, 1.54) is 5.56 Å². The van der Waals surface area contributed by atoms with E-state index in [2.05, 4.69) is 79.4 Å². The lowest BCUT2D eigenvalue weighted by Crippen LogP contribution is -2.32. The molecule has 0 unspecified atom stereocenters. The first-order chi connectivity index (χ1) is 10.8. The van der Waals surface area contributed by atoms with Gasteiger partial charge in [-0.05, 0) is 48.5 Å². The molecule has 2 aromatic rings. The number of halogens is 1. The molecule has 22 heavy (non-hydrogen) atoms. The Morgan fingerprint density at radius 2 is 1.68 bits per heavy atom. The molecular formula is C17H16BrN3S. The third-order valence-corrected chi connectivity index (χ3v) is 5.16. The Morgan fingerprint density at radius 1 is 0.955 bits per heavy atom. The molecule has 5 heteroatoms. The summed E-state index contributed by atoms with van der Waals surface area (Å²) in [6.45, 7) is 2.05. The van der Waals surface area contributed by atoms with Gasteiger partial charge in [0.15, 0.2) is 5.11 Å². The van der Waals surface area contributed by atoms with Gasteiger partial charge in [0.2, 0.25) is 0 Å². The lowest BCUT2D eigenvalue weighted by atomic mass is 10.1. The maximum Gasteiger partial charge on any atom is 0.192 e. The van der Waals surface area contributed by atoms with E-state index in [1.54, 1.807) is 0 Å². The minimum atomic E-state index is 0.144. The highest BCUT2D eigenvalue weighted by Crippen LogP contribution is 2.40. The first-order valence-corrected chi connectivity index (χ1v) is 8.63. The molecule has 0 saturated carbocycles. The topological polar surface area (TPSA) is 9.72 Å². The number of nitrogens with zero attached hydrogens (tertiary/aromatic N) is 3. The van der Waals surface area contributed by atoms with Crippen LogP contribution in [0.15, 0.2) is 59.1 Å². The van der Waals surface area contributed by atoms with Gasteiger partial charge in [0.05, 0.1) is 0 Å². The van der Waals surface area contributed by atoms with Gasteiger partial charge < -0.3 is 0 Å². The highest BCUT2D eigenvalue weighted by atomic mass is 79.9. The number of para-hydroxylation sites is 1. The van der Waals surface area contributed by atoms with Crippen LogP contribution >= 0.6 is 28.1 Å². The number of hydrogen-bond donors (Lipinski definition) is 0. The molecule has 2 aliphatic rings. The van der Waals surface area contributed by atoms with Crippen molar-refractivity contribution in [2.75, 3.05) is 18.0 Å². The average Bonchev–Trinajstić information content (AvgIpc) is 3.12. The number of hydrogen-bond acceptors (Lipinski definition) is 2. The number of rotatable bonds is 2. The predicted octanol–water partition coefficient (Wildman–Crippen LogP) is 4.18. The second-order valence-corrected chi connectivity index (χ2v) is 6.83.